The predicted octanol–water partition coefficient (Wildman–Crippen LogP) is 4.39. The number of hydrogen-bond acceptors (Lipinski definition) is 3. The van der Waals surface area contributed by atoms with Gasteiger partial charge in [0.1, 0.15) is 0 Å². The number of methoxy groups -OCH3 is 1. The minimum Gasteiger partial charge on any atom is -0.384 e. The maximum atomic E-state index is 13.4. The SMILES string of the molecule is COCC1CCN(C(=O)c2cc(NC(=O)CCc3ccccc3)cc(C(F)(F)F)c2)C1. The molecule has 1 aliphatic heterocycles. The Labute approximate surface area is 179 Å². The first kappa shape index (κ1) is 22.8. The van der Waals surface area contributed by atoms with E-state index in [1.807, 2.05) is 30.3 Å². The lowest BCUT2D eigenvalue weighted by molar-refractivity contribution is -0.137. The van der Waals surface area contributed by atoms with Crippen LogP contribution < -0.4 is 5.32 Å². The molecule has 1 saturated heterocycles. The number of nitrogens with zero attached hydrogens (tertiary/aromatic N) is 1. The Balaban J connectivity index is 1.74. The van der Waals surface area contributed by atoms with Crippen molar-refractivity contribution in [3.05, 3.63) is 65.2 Å². The molecule has 0 saturated carbocycles. The third-order valence-electron chi connectivity index (χ3n) is 5.25. The topological polar surface area (TPSA) is 58.6 Å². The highest BCUT2D eigenvalue weighted by Gasteiger charge is 2.33. The molecule has 2 amide bonds. The molecule has 2 aromatic rings. The van der Waals surface area contributed by atoms with E-state index in [0.717, 1.165) is 24.1 Å². The lowest BCUT2D eigenvalue weighted by atomic mass is 10.1. The van der Waals surface area contributed by atoms with Gasteiger partial charge in [0.25, 0.3) is 5.91 Å². The molecular weight excluding hydrogens is 409 g/mol. The zero-order valence-electron chi connectivity index (χ0n) is 17.2. The number of carbonyl (C=O) groups excluding carboxylic acids is 2. The summed E-state index contributed by atoms with van der Waals surface area (Å²) >= 11 is 0. The molecule has 5 nitrogen and oxygen atoms in total. The fourth-order valence-electron chi connectivity index (χ4n) is 3.68. The second kappa shape index (κ2) is 9.96. The second-order valence-corrected chi connectivity index (χ2v) is 7.69. The van der Waals surface area contributed by atoms with Gasteiger partial charge in [-0.2, -0.15) is 13.2 Å². The molecule has 0 spiro atoms. The maximum Gasteiger partial charge on any atom is 0.416 e. The number of ether oxygens (including phenoxy) is 1. The molecule has 1 unspecified atom stereocenters. The van der Waals surface area contributed by atoms with E-state index in [1.165, 1.54) is 11.0 Å². The van der Waals surface area contributed by atoms with E-state index in [9.17, 15) is 22.8 Å². The number of halogens is 3. The van der Waals surface area contributed by atoms with Crippen LogP contribution >= 0.6 is 0 Å². The van der Waals surface area contributed by atoms with Crippen LogP contribution in [0.15, 0.2) is 48.5 Å². The molecule has 3 rings (SSSR count). The van der Waals surface area contributed by atoms with Gasteiger partial charge in [-0.3, -0.25) is 9.59 Å². The van der Waals surface area contributed by atoms with Crippen LogP contribution in [0.1, 0.15) is 34.3 Å². The van der Waals surface area contributed by atoms with E-state index in [2.05, 4.69) is 5.32 Å². The molecule has 1 fully saturated rings. The number of alkyl halides is 3. The van der Waals surface area contributed by atoms with Gasteiger partial charge in [0.15, 0.2) is 0 Å². The Hall–Kier alpha value is -2.87. The highest BCUT2D eigenvalue weighted by molar-refractivity contribution is 5.97. The fourth-order valence-corrected chi connectivity index (χ4v) is 3.68. The first-order valence-electron chi connectivity index (χ1n) is 10.1. The number of nitrogens with one attached hydrogen (secondary N) is 1. The number of anilines is 1. The molecule has 8 heteroatoms. The number of likely N-dealkylation sites (tertiary alicyclic amines) is 1. The van der Waals surface area contributed by atoms with Crippen LogP contribution in [0.25, 0.3) is 0 Å². The summed E-state index contributed by atoms with van der Waals surface area (Å²) in [6, 6.07) is 12.3. The van der Waals surface area contributed by atoms with Crippen molar-refractivity contribution in [3.63, 3.8) is 0 Å². The molecule has 1 N–H and O–H groups in total. The monoisotopic (exact) mass is 434 g/mol. The minimum absolute atomic E-state index is 0.0381. The average Bonchev–Trinajstić information content (AvgIpc) is 3.20. The van der Waals surface area contributed by atoms with Gasteiger partial charge < -0.3 is 15.0 Å². The lowest BCUT2D eigenvalue weighted by Gasteiger charge is -2.19. The van der Waals surface area contributed by atoms with Crippen molar-refractivity contribution in [3.8, 4) is 0 Å². The third kappa shape index (κ3) is 6.30. The van der Waals surface area contributed by atoms with E-state index in [1.54, 1.807) is 7.11 Å². The van der Waals surface area contributed by atoms with Gasteiger partial charge in [-0.1, -0.05) is 30.3 Å². The van der Waals surface area contributed by atoms with Gasteiger partial charge in [0.05, 0.1) is 12.2 Å². The van der Waals surface area contributed by atoms with Crippen LogP contribution in [0.3, 0.4) is 0 Å². The van der Waals surface area contributed by atoms with Crippen molar-refractivity contribution in [1.82, 2.24) is 4.90 Å². The molecule has 0 radical (unpaired) electrons. The number of amides is 2. The van der Waals surface area contributed by atoms with Gasteiger partial charge in [-0.15, -0.1) is 0 Å². The third-order valence-corrected chi connectivity index (χ3v) is 5.25. The van der Waals surface area contributed by atoms with Crippen molar-refractivity contribution >= 4 is 17.5 Å². The van der Waals surface area contributed by atoms with Crippen molar-refractivity contribution in [2.24, 2.45) is 5.92 Å². The zero-order chi connectivity index (χ0) is 22.4. The number of rotatable bonds is 7. The van der Waals surface area contributed by atoms with Crippen LogP contribution in [0.2, 0.25) is 0 Å². The summed E-state index contributed by atoms with van der Waals surface area (Å²) in [5.41, 5.74) is -0.142. The van der Waals surface area contributed by atoms with E-state index < -0.39 is 23.6 Å². The summed E-state index contributed by atoms with van der Waals surface area (Å²) in [5, 5.41) is 2.51. The standard InChI is InChI=1S/C23H25F3N2O3/c1-31-15-17-9-10-28(14-17)22(30)18-11-19(23(24,25)26)13-20(12-18)27-21(29)8-7-16-5-3-2-4-6-16/h2-6,11-13,17H,7-10,14-15H2,1H3,(H,27,29). The number of aryl methyl sites for hydroxylation is 1. The summed E-state index contributed by atoms with van der Waals surface area (Å²) in [7, 11) is 1.57. The van der Waals surface area contributed by atoms with Gasteiger partial charge in [0.2, 0.25) is 5.91 Å². The Morgan fingerprint density at radius 3 is 2.58 bits per heavy atom. The average molecular weight is 434 g/mol. The van der Waals surface area contributed by atoms with Gasteiger partial charge >= 0.3 is 6.18 Å². The number of benzene rings is 2. The predicted molar refractivity (Wildman–Crippen MR) is 111 cm³/mol. The maximum absolute atomic E-state index is 13.4. The van der Waals surface area contributed by atoms with Crippen LogP contribution in [0.5, 0.6) is 0 Å². The molecule has 2 aromatic carbocycles. The largest absolute Gasteiger partial charge is 0.416 e. The first-order chi connectivity index (χ1) is 14.8. The molecule has 1 atom stereocenters. The molecule has 1 aliphatic rings. The Bertz CT molecular complexity index is 916. The van der Waals surface area contributed by atoms with E-state index >= 15 is 0 Å². The van der Waals surface area contributed by atoms with Crippen LogP contribution in [0, 0.1) is 5.92 Å². The highest BCUT2D eigenvalue weighted by atomic mass is 19.4. The quantitative estimate of drug-likeness (QED) is 0.704. The molecular formula is C23H25F3N2O3. The Morgan fingerprint density at radius 2 is 1.90 bits per heavy atom. The molecule has 1 heterocycles. The van der Waals surface area contributed by atoms with Crippen molar-refractivity contribution in [2.75, 3.05) is 32.1 Å². The lowest BCUT2D eigenvalue weighted by Crippen LogP contribution is -2.29. The van der Waals surface area contributed by atoms with Gasteiger partial charge in [-0.05, 0) is 36.6 Å². The summed E-state index contributed by atoms with van der Waals surface area (Å²) in [6.45, 7) is 1.39. The Kier molecular flexibility index (Phi) is 7.33. The molecule has 0 aromatic heterocycles. The Morgan fingerprint density at radius 1 is 1.16 bits per heavy atom. The summed E-state index contributed by atoms with van der Waals surface area (Å²) in [6.07, 6.45) is -3.31. The molecule has 166 valence electrons. The van der Waals surface area contributed by atoms with Crippen LogP contribution in [-0.2, 0) is 22.1 Å². The second-order valence-electron chi connectivity index (χ2n) is 7.69. The number of carbonyl (C=O) groups is 2. The first-order valence-corrected chi connectivity index (χ1v) is 10.1. The molecule has 0 bridgehead atoms. The molecule has 31 heavy (non-hydrogen) atoms. The van der Waals surface area contributed by atoms with E-state index in [0.29, 0.717) is 26.1 Å². The smallest absolute Gasteiger partial charge is 0.384 e. The fraction of sp³-hybridized carbons (Fsp3) is 0.391. The normalized spacial score (nSPS) is 16.4. The van der Waals surface area contributed by atoms with Crippen molar-refractivity contribution in [1.29, 1.82) is 0 Å². The van der Waals surface area contributed by atoms with Crippen molar-refractivity contribution in [2.45, 2.75) is 25.4 Å². The highest BCUT2D eigenvalue weighted by Crippen LogP contribution is 2.33. The van der Waals surface area contributed by atoms with Crippen LogP contribution in [0.4, 0.5) is 18.9 Å². The van der Waals surface area contributed by atoms with Crippen molar-refractivity contribution < 1.29 is 27.5 Å². The molecule has 0 aliphatic carbocycles. The summed E-state index contributed by atoms with van der Waals surface area (Å²) < 4.78 is 45.3. The van der Waals surface area contributed by atoms with E-state index in [4.69, 9.17) is 4.74 Å². The minimum atomic E-state index is -4.64. The summed E-state index contributed by atoms with van der Waals surface area (Å²) in [5.74, 6) is -0.732. The van der Waals surface area contributed by atoms with Gasteiger partial charge in [-0.25, -0.2) is 0 Å². The number of hydrogen-bond donors (Lipinski definition) is 1. The van der Waals surface area contributed by atoms with E-state index in [-0.39, 0.29) is 23.6 Å². The summed E-state index contributed by atoms with van der Waals surface area (Å²) in [4.78, 5) is 26.7. The zero-order valence-corrected chi connectivity index (χ0v) is 17.2. The van der Waals surface area contributed by atoms with Gasteiger partial charge in [0, 0.05) is 43.8 Å². The van der Waals surface area contributed by atoms with Crippen LogP contribution in [-0.4, -0.2) is 43.5 Å².